The van der Waals surface area contributed by atoms with Gasteiger partial charge in [-0.1, -0.05) is 6.07 Å². The molecule has 0 saturated heterocycles. The van der Waals surface area contributed by atoms with Crippen molar-refractivity contribution in [1.29, 1.82) is 0 Å². The molecule has 0 aromatic carbocycles. The van der Waals surface area contributed by atoms with E-state index in [1.54, 1.807) is 27.0 Å². The third-order valence-electron chi connectivity index (χ3n) is 2.64. The van der Waals surface area contributed by atoms with E-state index in [0.717, 1.165) is 5.69 Å². The Bertz CT molecular complexity index is 468. The monoisotopic (exact) mass is 294 g/mol. The van der Waals surface area contributed by atoms with Gasteiger partial charge in [0.2, 0.25) is 0 Å². The lowest BCUT2D eigenvalue weighted by Gasteiger charge is -2.22. The normalized spacial score (nSPS) is 12.5. The van der Waals surface area contributed by atoms with E-state index in [1.807, 2.05) is 18.2 Å². The van der Waals surface area contributed by atoms with Crippen molar-refractivity contribution in [3.8, 4) is 0 Å². The standard InChI is InChI=1S/C15H22N2O4/c1-15(2,3)21-14(20)17-12(13(18)19)9-6-8-11-7-4-5-10-16-11/h4-5,7,10,12H,6,8-9H2,1-3H3,(H,17,20)(H,18,19). The summed E-state index contributed by atoms with van der Waals surface area (Å²) >= 11 is 0. The number of carboxylic acids is 1. The zero-order chi connectivity index (χ0) is 15.9. The van der Waals surface area contributed by atoms with Gasteiger partial charge >= 0.3 is 12.1 Å². The summed E-state index contributed by atoms with van der Waals surface area (Å²) in [6.07, 6.45) is 2.59. The maximum absolute atomic E-state index is 11.6. The van der Waals surface area contributed by atoms with E-state index in [4.69, 9.17) is 9.84 Å². The van der Waals surface area contributed by atoms with Gasteiger partial charge in [-0.25, -0.2) is 9.59 Å². The Balaban J connectivity index is 2.43. The number of ether oxygens (including phenoxy) is 1. The topological polar surface area (TPSA) is 88.5 Å². The number of amides is 1. The molecule has 21 heavy (non-hydrogen) atoms. The molecule has 0 aliphatic heterocycles. The van der Waals surface area contributed by atoms with Gasteiger partial charge in [0.15, 0.2) is 0 Å². The minimum Gasteiger partial charge on any atom is -0.480 e. The highest BCUT2D eigenvalue weighted by molar-refractivity contribution is 5.79. The van der Waals surface area contributed by atoms with Gasteiger partial charge in [0.1, 0.15) is 11.6 Å². The molecule has 6 heteroatoms. The van der Waals surface area contributed by atoms with Crippen LogP contribution in [0.2, 0.25) is 0 Å². The van der Waals surface area contributed by atoms with Crippen LogP contribution in [-0.4, -0.2) is 33.8 Å². The van der Waals surface area contributed by atoms with Gasteiger partial charge in [0.05, 0.1) is 0 Å². The molecule has 0 radical (unpaired) electrons. The largest absolute Gasteiger partial charge is 0.480 e. The molecule has 1 unspecified atom stereocenters. The molecular weight excluding hydrogens is 272 g/mol. The van der Waals surface area contributed by atoms with E-state index in [2.05, 4.69) is 10.3 Å². The van der Waals surface area contributed by atoms with Crippen LogP contribution in [0.15, 0.2) is 24.4 Å². The molecule has 0 spiro atoms. The Morgan fingerprint density at radius 1 is 1.38 bits per heavy atom. The van der Waals surface area contributed by atoms with Gasteiger partial charge in [-0.15, -0.1) is 0 Å². The molecule has 0 aliphatic rings. The first-order valence-corrected chi connectivity index (χ1v) is 6.90. The lowest BCUT2D eigenvalue weighted by Crippen LogP contribution is -2.43. The first-order valence-electron chi connectivity index (χ1n) is 6.90. The lowest BCUT2D eigenvalue weighted by molar-refractivity contribution is -0.139. The zero-order valence-electron chi connectivity index (χ0n) is 12.6. The van der Waals surface area contributed by atoms with Gasteiger partial charge in [0.25, 0.3) is 0 Å². The molecular formula is C15H22N2O4. The zero-order valence-corrected chi connectivity index (χ0v) is 12.6. The van der Waals surface area contributed by atoms with Gasteiger partial charge in [-0.3, -0.25) is 4.98 Å². The van der Waals surface area contributed by atoms with E-state index >= 15 is 0 Å². The van der Waals surface area contributed by atoms with Crippen LogP contribution >= 0.6 is 0 Å². The maximum atomic E-state index is 11.6. The molecule has 116 valence electrons. The third kappa shape index (κ3) is 7.29. The van der Waals surface area contributed by atoms with E-state index in [9.17, 15) is 9.59 Å². The van der Waals surface area contributed by atoms with Crippen LogP contribution in [0, 0.1) is 0 Å². The molecule has 0 fully saturated rings. The van der Waals surface area contributed by atoms with Crippen molar-refractivity contribution in [2.75, 3.05) is 0 Å². The van der Waals surface area contributed by atoms with Crippen LogP contribution in [-0.2, 0) is 16.0 Å². The molecule has 0 aliphatic carbocycles. The van der Waals surface area contributed by atoms with E-state index in [1.165, 1.54) is 0 Å². The number of hydrogen-bond donors (Lipinski definition) is 2. The number of hydrogen-bond acceptors (Lipinski definition) is 4. The van der Waals surface area contributed by atoms with Crippen LogP contribution in [0.3, 0.4) is 0 Å². The van der Waals surface area contributed by atoms with Crippen molar-refractivity contribution in [2.24, 2.45) is 0 Å². The lowest BCUT2D eigenvalue weighted by atomic mass is 10.1. The van der Waals surface area contributed by atoms with Crippen molar-refractivity contribution in [3.05, 3.63) is 30.1 Å². The van der Waals surface area contributed by atoms with E-state index < -0.39 is 23.7 Å². The van der Waals surface area contributed by atoms with Gasteiger partial charge in [-0.05, 0) is 52.2 Å². The Labute approximate surface area is 124 Å². The summed E-state index contributed by atoms with van der Waals surface area (Å²) < 4.78 is 5.06. The van der Waals surface area contributed by atoms with E-state index in [-0.39, 0.29) is 0 Å². The summed E-state index contributed by atoms with van der Waals surface area (Å²) in [6.45, 7) is 5.18. The van der Waals surface area contributed by atoms with E-state index in [0.29, 0.717) is 19.3 Å². The number of carbonyl (C=O) groups is 2. The number of rotatable bonds is 6. The number of aliphatic carboxylic acids is 1. The third-order valence-corrected chi connectivity index (χ3v) is 2.64. The summed E-state index contributed by atoms with van der Waals surface area (Å²) in [4.78, 5) is 26.9. The number of carbonyl (C=O) groups excluding carboxylic acids is 1. The Morgan fingerprint density at radius 3 is 2.62 bits per heavy atom. The number of nitrogens with one attached hydrogen (secondary N) is 1. The first-order chi connectivity index (χ1) is 9.78. The predicted octanol–water partition coefficient (Wildman–Crippen LogP) is 2.38. The molecule has 1 aromatic rings. The van der Waals surface area contributed by atoms with Gasteiger partial charge in [0, 0.05) is 11.9 Å². The summed E-state index contributed by atoms with van der Waals surface area (Å²) in [5.41, 5.74) is 0.250. The van der Waals surface area contributed by atoms with Crippen LogP contribution in [0.1, 0.15) is 39.3 Å². The summed E-state index contributed by atoms with van der Waals surface area (Å²) in [5.74, 6) is -1.07. The number of nitrogens with zero attached hydrogens (tertiary/aromatic N) is 1. The molecule has 6 nitrogen and oxygen atoms in total. The molecule has 2 N–H and O–H groups in total. The van der Waals surface area contributed by atoms with Crippen LogP contribution < -0.4 is 5.32 Å². The van der Waals surface area contributed by atoms with Crippen molar-refractivity contribution < 1.29 is 19.4 Å². The molecule has 0 bridgehead atoms. The number of aromatic nitrogens is 1. The van der Waals surface area contributed by atoms with Crippen molar-refractivity contribution in [3.63, 3.8) is 0 Å². The van der Waals surface area contributed by atoms with Crippen molar-refractivity contribution in [1.82, 2.24) is 10.3 Å². The maximum Gasteiger partial charge on any atom is 0.408 e. The van der Waals surface area contributed by atoms with Gasteiger partial charge < -0.3 is 15.2 Å². The fourth-order valence-corrected chi connectivity index (χ4v) is 1.74. The molecule has 1 heterocycles. The molecule has 1 aromatic heterocycles. The molecule has 1 amide bonds. The summed E-state index contributed by atoms with van der Waals surface area (Å²) in [5, 5.41) is 11.5. The van der Waals surface area contributed by atoms with Crippen molar-refractivity contribution in [2.45, 2.75) is 51.7 Å². The fraction of sp³-hybridized carbons (Fsp3) is 0.533. The summed E-state index contributed by atoms with van der Waals surface area (Å²) in [7, 11) is 0. The second-order valence-electron chi connectivity index (χ2n) is 5.75. The van der Waals surface area contributed by atoms with Crippen molar-refractivity contribution >= 4 is 12.1 Å². The Morgan fingerprint density at radius 2 is 2.10 bits per heavy atom. The summed E-state index contributed by atoms with van der Waals surface area (Å²) in [6, 6.07) is 4.64. The number of alkyl carbamates (subject to hydrolysis) is 1. The number of pyridine rings is 1. The number of aryl methyl sites for hydroxylation is 1. The molecule has 1 atom stereocenters. The number of carboxylic acid groups (broad SMARTS) is 1. The highest BCUT2D eigenvalue weighted by Crippen LogP contribution is 2.09. The average molecular weight is 294 g/mol. The molecule has 1 rings (SSSR count). The minimum atomic E-state index is -1.07. The van der Waals surface area contributed by atoms with Gasteiger partial charge in [-0.2, -0.15) is 0 Å². The SMILES string of the molecule is CC(C)(C)OC(=O)NC(CCCc1ccccn1)C(=O)O. The minimum absolute atomic E-state index is 0.325. The van der Waals surface area contributed by atoms with Crippen LogP contribution in [0.5, 0.6) is 0 Å². The second kappa shape index (κ2) is 7.61. The Hall–Kier alpha value is -2.11. The quantitative estimate of drug-likeness (QED) is 0.841. The highest BCUT2D eigenvalue weighted by Gasteiger charge is 2.23. The fourth-order valence-electron chi connectivity index (χ4n) is 1.74. The van der Waals surface area contributed by atoms with Crippen LogP contribution in [0.4, 0.5) is 4.79 Å². The highest BCUT2D eigenvalue weighted by atomic mass is 16.6. The van der Waals surface area contributed by atoms with Crippen LogP contribution in [0.25, 0.3) is 0 Å². The molecule has 0 saturated carbocycles. The smallest absolute Gasteiger partial charge is 0.408 e. The Kier molecular flexibility index (Phi) is 6.14. The predicted molar refractivity (Wildman–Crippen MR) is 78.0 cm³/mol. The average Bonchev–Trinajstić information content (AvgIpc) is 2.36. The first kappa shape index (κ1) is 16.9. The second-order valence-corrected chi connectivity index (χ2v) is 5.75.